The number of fused-ring (bicyclic) bond motifs is 1. The van der Waals surface area contributed by atoms with Crippen molar-refractivity contribution in [2.24, 2.45) is 0 Å². The number of benzene rings is 2. The third-order valence-electron chi connectivity index (χ3n) is 5.65. The first-order valence-electron chi connectivity index (χ1n) is 9.22. The quantitative estimate of drug-likeness (QED) is 0.608. The maximum absolute atomic E-state index is 6.25. The lowest BCUT2D eigenvalue weighted by molar-refractivity contribution is 0.298. The van der Waals surface area contributed by atoms with Crippen molar-refractivity contribution in [1.29, 1.82) is 0 Å². The van der Waals surface area contributed by atoms with Gasteiger partial charge >= 0.3 is 0 Å². The second-order valence-corrected chi connectivity index (χ2v) is 8.72. The molecule has 0 amide bonds. The van der Waals surface area contributed by atoms with Crippen molar-refractivity contribution >= 4 is 5.57 Å². The molecule has 0 saturated heterocycles. The number of hydrogen-bond acceptors (Lipinski definition) is 1. The van der Waals surface area contributed by atoms with Gasteiger partial charge in [0, 0.05) is 5.56 Å². The standard InChI is InChI=1S/C24H30O/c1-17(2)19-14-20-21(24(5,6)13-12-23(20,3)4)15-22(19)25-16-18-10-8-7-9-11-18/h7-11,14-15H,1,12-13,16H2,2-6H3. The predicted octanol–water partition coefficient (Wildman–Crippen LogP) is 6.65. The minimum absolute atomic E-state index is 0.184. The summed E-state index contributed by atoms with van der Waals surface area (Å²) in [6.45, 7) is 16.3. The fourth-order valence-corrected chi connectivity index (χ4v) is 3.78. The van der Waals surface area contributed by atoms with E-state index < -0.39 is 0 Å². The van der Waals surface area contributed by atoms with E-state index in [-0.39, 0.29) is 10.8 Å². The minimum atomic E-state index is 0.184. The molecule has 1 heteroatoms. The van der Waals surface area contributed by atoms with Crippen molar-refractivity contribution in [1.82, 2.24) is 0 Å². The molecule has 132 valence electrons. The largest absolute Gasteiger partial charge is 0.488 e. The Kier molecular flexibility index (Phi) is 4.53. The highest BCUT2D eigenvalue weighted by molar-refractivity contribution is 5.70. The average molecular weight is 335 g/mol. The molecule has 0 unspecified atom stereocenters. The van der Waals surface area contributed by atoms with Crippen molar-refractivity contribution in [2.45, 2.75) is 64.9 Å². The van der Waals surface area contributed by atoms with Crippen molar-refractivity contribution in [3.05, 3.63) is 71.3 Å². The Balaban J connectivity index is 2.04. The molecular weight excluding hydrogens is 304 g/mol. The van der Waals surface area contributed by atoms with Crippen LogP contribution in [0.25, 0.3) is 5.57 Å². The molecule has 0 atom stereocenters. The number of allylic oxidation sites excluding steroid dienone is 1. The van der Waals surface area contributed by atoms with Gasteiger partial charge in [-0.05, 0) is 65.0 Å². The van der Waals surface area contributed by atoms with Gasteiger partial charge in [-0.2, -0.15) is 0 Å². The van der Waals surface area contributed by atoms with E-state index in [1.54, 1.807) is 0 Å². The monoisotopic (exact) mass is 334 g/mol. The van der Waals surface area contributed by atoms with Gasteiger partial charge in [-0.25, -0.2) is 0 Å². The van der Waals surface area contributed by atoms with E-state index in [4.69, 9.17) is 4.74 Å². The van der Waals surface area contributed by atoms with Crippen LogP contribution < -0.4 is 4.74 Å². The van der Waals surface area contributed by atoms with Crippen molar-refractivity contribution in [3.63, 3.8) is 0 Å². The van der Waals surface area contributed by atoms with Gasteiger partial charge in [0.25, 0.3) is 0 Å². The van der Waals surface area contributed by atoms with E-state index >= 15 is 0 Å². The van der Waals surface area contributed by atoms with E-state index in [0.29, 0.717) is 6.61 Å². The second-order valence-electron chi connectivity index (χ2n) is 8.72. The van der Waals surface area contributed by atoms with Crippen LogP contribution >= 0.6 is 0 Å². The van der Waals surface area contributed by atoms with Crippen LogP contribution in [0.3, 0.4) is 0 Å². The van der Waals surface area contributed by atoms with Crippen LogP contribution in [0.5, 0.6) is 5.75 Å². The lowest BCUT2D eigenvalue weighted by Gasteiger charge is -2.42. The van der Waals surface area contributed by atoms with Gasteiger partial charge in [-0.15, -0.1) is 0 Å². The normalized spacial score (nSPS) is 17.6. The van der Waals surface area contributed by atoms with Crippen molar-refractivity contribution in [2.75, 3.05) is 0 Å². The Morgan fingerprint density at radius 3 is 2.08 bits per heavy atom. The third-order valence-corrected chi connectivity index (χ3v) is 5.65. The molecule has 0 fully saturated rings. The molecule has 0 saturated carbocycles. The molecule has 0 bridgehead atoms. The first kappa shape index (κ1) is 17.8. The number of hydrogen-bond donors (Lipinski definition) is 0. The van der Waals surface area contributed by atoms with Crippen molar-refractivity contribution in [3.8, 4) is 5.75 Å². The van der Waals surface area contributed by atoms with Gasteiger partial charge in [0.1, 0.15) is 12.4 Å². The molecule has 1 aliphatic carbocycles. The summed E-state index contributed by atoms with van der Waals surface area (Å²) in [5.74, 6) is 0.959. The maximum Gasteiger partial charge on any atom is 0.127 e. The fraction of sp³-hybridized carbons (Fsp3) is 0.417. The van der Waals surface area contributed by atoms with E-state index in [1.165, 1.54) is 29.5 Å². The van der Waals surface area contributed by atoms with E-state index in [0.717, 1.165) is 16.9 Å². The molecule has 1 aliphatic rings. The SMILES string of the molecule is C=C(C)c1cc2c(cc1OCc1ccccc1)C(C)(C)CCC2(C)C. The predicted molar refractivity (Wildman–Crippen MR) is 107 cm³/mol. The molecule has 2 aromatic rings. The minimum Gasteiger partial charge on any atom is -0.488 e. The molecular formula is C24H30O. The highest BCUT2D eigenvalue weighted by Crippen LogP contribution is 2.48. The Hall–Kier alpha value is -2.02. The van der Waals surface area contributed by atoms with Crippen LogP contribution in [0.2, 0.25) is 0 Å². The molecule has 0 radical (unpaired) electrons. The lowest BCUT2D eigenvalue weighted by atomic mass is 9.62. The number of ether oxygens (including phenoxy) is 1. The summed E-state index contributed by atoms with van der Waals surface area (Å²) >= 11 is 0. The summed E-state index contributed by atoms with van der Waals surface area (Å²) < 4.78 is 6.25. The smallest absolute Gasteiger partial charge is 0.127 e. The average Bonchev–Trinajstić information content (AvgIpc) is 2.57. The summed E-state index contributed by atoms with van der Waals surface area (Å²) in [7, 11) is 0. The van der Waals surface area contributed by atoms with Gasteiger partial charge in [-0.3, -0.25) is 0 Å². The Bertz CT molecular complexity index is 781. The maximum atomic E-state index is 6.25. The van der Waals surface area contributed by atoms with Crippen molar-refractivity contribution < 1.29 is 4.74 Å². The van der Waals surface area contributed by atoms with Crippen LogP contribution in [-0.4, -0.2) is 0 Å². The first-order valence-corrected chi connectivity index (χ1v) is 9.22. The summed E-state index contributed by atoms with van der Waals surface area (Å²) in [6.07, 6.45) is 2.42. The van der Waals surface area contributed by atoms with E-state index in [1.807, 2.05) is 6.07 Å². The highest BCUT2D eigenvalue weighted by Gasteiger charge is 2.37. The third kappa shape index (κ3) is 3.51. The molecule has 1 nitrogen and oxygen atoms in total. The van der Waals surface area contributed by atoms with Gasteiger partial charge in [0.15, 0.2) is 0 Å². The molecule has 25 heavy (non-hydrogen) atoms. The van der Waals surface area contributed by atoms with Crippen LogP contribution in [0.4, 0.5) is 0 Å². The van der Waals surface area contributed by atoms with E-state index in [9.17, 15) is 0 Å². The zero-order chi connectivity index (χ0) is 18.2. The van der Waals surface area contributed by atoms with Crippen LogP contribution in [0.1, 0.15) is 69.7 Å². The van der Waals surface area contributed by atoms with Gasteiger partial charge in [-0.1, -0.05) is 64.6 Å². The lowest BCUT2D eigenvalue weighted by Crippen LogP contribution is -2.34. The second kappa shape index (κ2) is 6.37. The molecule has 0 aromatic heterocycles. The molecule has 0 N–H and O–H groups in total. The molecule has 0 aliphatic heterocycles. The van der Waals surface area contributed by atoms with Gasteiger partial charge in [0.05, 0.1) is 0 Å². The summed E-state index contributed by atoms with van der Waals surface area (Å²) in [6, 6.07) is 15.0. The van der Waals surface area contributed by atoms with Gasteiger partial charge < -0.3 is 4.74 Å². The van der Waals surface area contributed by atoms with Crippen LogP contribution in [-0.2, 0) is 17.4 Å². The van der Waals surface area contributed by atoms with Crippen LogP contribution in [0, 0.1) is 0 Å². The molecule has 0 spiro atoms. The topological polar surface area (TPSA) is 9.23 Å². The Morgan fingerprint density at radius 2 is 1.52 bits per heavy atom. The number of rotatable bonds is 4. The highest BCUT2D eigenvalue weighted by atomic mass is 16.5. The summed E-state index contributed by atoms with van der Waals surface area (Å²) in [5.41, 5.74) is 6.65. The molecule has 0 heterocycles. The molecule has 3 rings (SSSR count). The molecule has 2 aromatic carbocycles. The summed E-state index contributed by atoms with van der Waals surface area (Å²) in [5, 5.41) is 0. The zero-order valence-electron chi connectivity index (χ0n) is 16.3. The van der Waals surface area contributed by atoms with E-state index in [2.05, 4.69) is 77.6 Å². The first-order chi connectivity index (χ1) is 11.7. The van der Waals surface area contributed by atoms with Gasteiger partial charge in [0.2, 0.25) is 0 Å². The fourth-order valence-electron chi connectivity index (χ4n) is 3.78. The Labute approximate surface area is 152 Å². The zero-order valence-corrected chi connectivity index (χ0v) is 16.3. The van der Waals surface area contributed by atoms with Crippen LogP contribution in [0.15, 0.2) is 49.0 Å². The Morgan fingerprint density at radius 1 is 0.960 bits per heavy atom. The summed E-state index contributed by atoms with van der Waals surface area (Å²) in [4.78, 5) is 0.